The van der Waals surface area contributed by atoms with E-state index in [4.69, 9.17) is 56.4 Å². The zero-order chi connectivity index (χ0) is 23.7. The quantitative estimate of drug-likeness (QED) is 0.236. The van der Waals surface area contributed by atoms with Crippen LogP contribution in [0.5, 0.6) is 0 Å². The Bertz CT molecular complexity index is 1390. The van der Waals surface area contributed by atoms with Crippen molar-refractivity contribution in [1.82, 2.24) is 15.0 Å². The van der Waals surface area contributed by atoms with Gasteiger partial charge in [0.25, 0.3) is 0 Å². The summed E-state index contributed by atoms with van der Waals surface area (Å²) in [5.41, 5.74) is 5.77. The molecule has 5 rings (SSSR count). The summed E-state index contributed by atoms with van der Waals surface area (Å²) in [6.45, 7) is 0. The molecule has 0 fully saturated rings. The summed E-state index contributed by atoms with van der Waals surface area (Å²) in [4.78, 5) is 13.9. The highest BCUT2D eigenvalue weighted by molar-refractivity contribution is 6.35. The standard InChI is InChI=1S/C27H15Cl4N3/c28-21-8-19(9-22(29)12-21)25-14-26(20-10-23(30)13-24(31)11-20)34-27(33-25)17-4-1-3-16(7-17)18-5-2-6-32-15-18/h1-15H. The number of rotatable bonds is 4. The molecule has 0 aliphatic heterocycles. The zero-order valence-corrected chi connectivity index (χ0v) is 20.5. The Morgan fingerprint density at radius 3 is 1.53 bits per heavy atom. The second-order valence-corrected chi connectivity index (χ2v) is 9.35. The molecule has 0 N–H and O–H groups in total. The summed E-state index contributed by atoms with van der Waals surface area (Å²) in [7, 11) is 0. The van der Waals surface area contributed by atoms with Crippen LogP contribution in [0.3, 0.4) is 0 Å². The van der Waals surface area contributed by atoms with Crippen molar-refractivity contribution in [2.24, 2.45) is 0 Å². The lowest BCUT2D eigenvalue weighted by atomic mass is 10.0. The van der Waals surface area contributed by atoms with E-state index < -0.39 is 0 Å². The van der Waals surface area contributed by atoms with Crippen molar-refractivity contribution in [3.8, 4) is 45.0 Å². The lowest BCUT2D eigenvalue weighted by Crippen LogP contribution is -1.96. The lowest BCUT2D eigenvalue weighted by molar-refractivity contribution is 1.18. The summed E-state index contributed by atoms with van der Waals surface area (Å²) in [5.74, 6) is 0.547. The molecule has 2 aromatic heterocycles. The van der Waals surface area contributed by atoms with E-state index in [0.29, 0.717) is 37.3 Å². The maximum Gasteiger partial charge on any atom is 0.160 e. The van der Waals surface area contributed by atoms with E-state index in [1.807, 2.05) is 72.9 Å². The van der Waals surface area contributed by atoms with Crippen molar-refractivity contribution in [3.63, 3.8) is 0 Å². The minimum Gasteiger partial charge on any atom is -0.264 e. The molecule has 7 heteroatoms. The van der Waals surface area contributed by atoms with E-state index in [0.717, 1.165) is 27.8 Å². The minimum absolute atomic E-state index is 0.522. The first kappa shape index (κ1) is 22.8. The van der Waals surface area contributed by atoms with E-state index in [9.17, 15) is 0 Å². The molecule has 166 valence electrons. The molecule has 0 saturated carbocycles. The molecule has 0 bridgehead atoms. The first-order valence-corrected chi connectivity index (χ1v) is 11.8. The van der Waals surface area contributed by atoms with Gasteiger partial charge in [-0.1, -0.05) is 70.7 Å². The van der Waals surface area contributed by atoms with Crippen LogP contribution in [0.15, 0.2) is 91.3 Å². The number of hydrogen-bond donors (Lipinski definition) is 0. The Labute approximate surface area is 217 Å². The number of halogens is 4. The van der Waals surface area contributed by atoms with Gasteiger partial charge in [-0.2, -0.15) is 0 Å². The Morgan fingerprint density at radius 2 is 1.00 bits per heavy atom. The fraction of sp³-hybridized carbons (Fsp3) is 0. The smallest absolute Gasteiger partial charge is 0.160 e. The summed E-state index contributed by atoms with van der Waals surface area (Å²) in [5, 5.41) is 2.09. The first-order valence-electron chi connectivity index (χ1n) is 10.3. The molecule has 0 amide bonds. The van der Waals surface area contributed by atoms with Gasteiger partial charge >= 0.3 is 0 Å². The maximum atomic E-state index is 6.28. The van der Waals surface area contributed by atoms with Gasteiger partial charge in [0.1, 0.15) is 0 Å². The van der Waals surface area contributed by atoms with E-state index in [-0.39, 0.29) is 0 Å². The molecule has 0 radical (unpaired) electrons. The summed E-state index contributed by atoms with van der Waals surface area (Å²) in [6, 6.07) is 24.4. The van der Waals surface area contributed by atoms with Crippen LogP contribution in [0.1, 0.15) is 0 Å². The van der Waals surface area contributed by atoms with Crippen molar-refractivity contribution in [3.05, 3.63) is 111 Å². The Morgan fingerprint density at radius 1 is 0.471 bits per heavy atom. The molecule has 3 aromatic carbocycles. The molecule has 0 atom stereocenters. The molecule has 0 spiro atoms. The lowest BCUT2D eigenvalue weighted by Gasteiger charge is -2.11. The number of nitrogens with zero attached hydrogens (tertiary/aromatic N) is 3. The Kier molecular flexibility index (Phi) is 6.53. The predicted octanol–water partition coefficient (Wildman–Crippen LogP) is 9.15. The molecule has 3 nitrogen and oxygen atoms in total. The van der Waals surface area contributed by atoms with Crippen LogP contribution in [0.4, 0.5) is 0 Å². The second-order valence-electron chi connectivity index (χ2n) is 7.60. The van der Waals surface area contributed by atoms with Crippen LogP contribution in [0, 0.1) is 0 Å². The van der Waals surface area contributed by atoms with Gasteiger partial charge in [0.05, 0.1) is 11.4 Å². The second kappa shape index (κ2) is 9.73. The fourth-order valence-corrected chi connectivity index (χ4v) is 4.70. The summed E-state index contributed by atoms with van der Waals surface area (Å²) in [6.07, 6.45) is 3.57. The highest BCUT2D eigenvalue weighted by Gasteiger charge is 2.13. The number of benzene rings is 3. The molecule has 5 aromatic rings. The van der Waals surface area contributed by atoms with Crippen molar-refractivity contribution in [2.45, 2.75) is 0 Å². The van der Waals surface area contributed by atoms with Crippen LogP contribution in [-0.4, -0.2) is 15.0 Å². The van der Waals surface area contributed by atoms with Gasteiger partial charge in [-0.15, -0.1) is 0 Å². The van der Waals surface area contributed by atoms with Gasteiger partial charge < -0.3 is 0 Å². The third-order valence-corrected chi connectivity index (χ3v) is 6.03. The van der Waals surface area contributed by atoms with E-state index >= 15 is 0 Å². The zero-order valence-electron chi connectivity index (χ0n) is 17.5. The van der Waals surface area contributed by atoms with Crippen molar-refractivity contribution in [1.29, 1.82) is 0 Å². The highest BCUT2D eigenvalue weighted by Crippen LogP contribution is 2.33. The molecular weight excluding hydrogens is 508 g/mol. The largest absolute Gasteiger partial charge is 0.264 e. The molecular formula is C27H15Cl4N3. The van der Waals surface area contributed by atoms with Gasteiger partial charge in [-0.05, 0) is 60.2 Å². The van der Waals surface area contributed by atoms with Crippen LogP contribution >= 0.6 is 46.4 Å². The number of hydrogen-bond acceptors (Lipinski definition) is 3. The average Bonchev–Trinajstić information content (AvgIpc) is 2.83. The Balaban J connectivity index is 1.71. The predicted molar refractivity (Wildman–Crippen MR) is 142 cm³/mol. The van der Waals surface area contributed by atoms with Gasteiger partial charge in [0.2, 0.25) is 0 Å². The molecule has 2 heterocycles. The van der Waals surface area contributed by atoms with Crippen LogP contribution in [-0.2, 0) is 0 Å². The summed E-state index contributed by atoms with van der Waals surface area (Å²) < 4.78 is 0. The third kappa shape index (κ3) is 5.08. The molecule has 0 aliphatic carbocycles. The molecule has 0 unspecified atom stereocenters. The first-order chi connectivity index (χ1) is 16.4. The van der Waals surface area contributed by atoms with Crippen molar-refractivity contribution < 1.29 is 0 Å². The molecule has 34 heavy (non-hydrogen) atoms. The Hall–Kier alpha value is -2.95. The van der Waals surface area contributed by atoms with Crippen LogP contribution < -0.4 is 0 Å². The van der Waals surface area contributed by atoms with E-state index in [1.165, 1.54) is 0 Å². The minimum atomic E-state index is 0.522. The average molecular weight is 523 g/mol. The van der Waals surface area contributed by atoms with E-state index in [2.05, 4.69) is 4.98 Å². The van der Waals surface area contributed by atoms with Crippen LogP contribution in [0.25, 0.3) is 45.0 Å². The topological polar surface area (TPSA) is 38.7 Å². The fourth-order valence-electron chi connectivity index (χ4n) is 3.65. The van der Waals surface area contributed by atoms with Crippen molar-refractivity contribution in [2.75, 3.05) is 0 Å². The normalized spacial score (nSPS) is 10.9. The monoisotopic (exact) mass is 521 g/mol. The third-order valence-electron chi connectivity index (χ3n) is 5.16. The van der Waals surface area contributed by atoms with Gasteiger partial charge in [-0.25, -0.2) is 9.97 Å². The summed E-state index contributed by atoms with van der Waals surface area (Å²) >= 11 is 25.1. The molecule has 0 aliphatic rings. The highest BCUT2D eigenvalue weighted by atomic mass is 35.5. The van der Waals surface area contributed by atoms with Crippen molar-refractivity contribution >= 4 is 46.4 Å². The van der Waals surface area contributed by atoms with E-state index in [1.54, 1.807) is 18.3 Å². The van der Waals surface area contributed by atoms with Gasteiger partial charge in [0.15, 0.2) is 5.82 Å². The van der Waals surface area contributed by atoms with Gasteiger partial charge in [-0.3, -0.25) is 4.98 Å². The van der Waals surface area contributed by atoms with Crippen LogP contribution in [0.2, 0.25) is 20.1 Å². The number of pyridine rings is 1. The number of aromatic nitrogens is 3. The SMILES string of the molecule is Clc1cc(Cl)cc(-c2cc(-c3cc(Cl)cc(Cl)c3)nc(-c3cccc(-c4cccnc4)c3)n2)c1. The van der Waals surface area contributed by atoms with Gasteiger partial charge in [0, 0.05) is 54.7 Å². The maximum absolute atomic E-state index is 6.28. The molecule has 0 saturated heterocycles.